The highest BCUT2D eigenvalue weighted by Gasteiger charge is 2.21. The summed E-state index contributed by atoms with van der Waals surface area (Å²) in [5.41, 5.74) is 0. The van der Waals surface area contributed by atoms with E-state index in [0.29, 0.717) is 12.6 Å². The highest BCUT2D eigenvalue weighted by atomic mass is 35.5. The van der Waals surface area contributed by atoms with Crippen molar-refractivity contribution in [3.63, 3.8) is 0 Å². The number of carbonyl (C=O) groups excluding carboxylic acids is 1. The van der Waals surface area contributed by atoms with E-state index >= 15 is 0 Å². The Hall–Kier alpha value is -0.620. The molecule has 1 aromatic rings. The zero-order chi connectivity index (χ0) is 13.7. The summed E-state index contributed by atoms with van der Waals surface area (Å²) >= 11 is 1.68. The third-order valence-electron chi connectivity index (χ3n) is 3.63. The number of piperidine rings is 1. The molecule has 0 radical (unpaired) electrons. The lowest BCUT2D eigenvalue weighted by molar-refractivity contribution is -0.123. The number of thiophene rings is 1. The molecule has 1 aliphatic rings. The fraction of sp³-hybridized carbons (Fsp3) is 0.643. The smallest absolute Gasteiger partial charge is 0.234 e. The molecule has 6 heteroatoms. The molecule has 1 aromatic heterocycles. The average Bonchev–Trinajstić information content (AvgIpc) is 2.92. The second kappa shape index (κ2) is 8.62. The van der Waals surface area contributed by atoms with Crippen LogP contribution in [0, 0.1) is 0 Å². The molecular formula is C14H24ClN3OS. The minimum Gasteiger partial charge on any atom is -0.348 e. The minimum absolute atomic E-state index is 0. The maximum Gasteiger partial charge on any atom is 0.234 e. The van der Waals surface area contributed by atoms with Gasteiger partial charge < -0.3 is 10.6 Å². The van der Waals surface area contributed by atoms with E-state index in [0.717, 1.165) is 13.1 Å². The molecule has 2 heterocycles. The highest BCUT2D eigenvalue weighted by molar-refractivity contribution is 7.10. The van der Waals surface area contributed by atoms with Crippen molar-refractivity contribution < 1.29 is 4.79 Å². The van der Waals surface area contributed by atoms with Crippen LogP contribution < -0.4 is 10.6 Å². The molecule has 0 spiro atoms. The Balaban J connectivity index is 0.00000200. The topological polar surface area (TPSA) is 44.4 Å². The number of carbonyl (C=O) groups is 1. The molecule has 1 saturated heterocycles. The van der Waals surface area contributed by atoms with E-state index in [-0.39, 0.29) is 24.4 Å². The molecule has 1 fully saturated rings. The van der Waals surface area contributed by atoms with E-state index in [9.17, 15) is 4.79 Å². The third-order valence-corrected chi connectivity index (χ3v) is 4.68. The number of hydrogen-bond acceptors (Lipinski definition) is 4. The van der Waals surface area contributed by atoms with Crippen molar-refractivity contribution in [2.24, 2.45) is 0 Å². The number of likely N-dealkylation sites (N-methyl/N-ethyl adjacent to an activating group) is 1. The molecule has 0 bridgehead atoms. The maximum atomic E-state index is 12.0. The van der Waals surface area contributed by atoms with Crippen molar-refractivity contribution in [2.45, 2.75) is 31.8 Å². The molecular weight excluding hydrogens is 294 g/mol. The molecule has 4 nitrogen and oxygen atoms in total. The molecule has 2 atom stereocenters. The number of likely N-dealkylation sites (tertiary alicyclic amines) is 1. The van der Waals surface area contributed by atoms with Crippen LogP contribution in [-0.2, 0) is 4.79 Å². The van der Waals surface area contributed by atoms with Crippen molar-refractivity contribution in [3.8, 4) is 0 Å². The van der Waals surface area contributed by atoms with Crippen LogP contribution in [0.25, 0.3) is 0 Å². The fourth-order valence-corrected chi connectivity index (χ4v) is 3.27. The van der Waals surface area contributed by atoms with Crippen LogP contribution in [-0.4, -0.2) is 43.5 Å². The van der Waals surface area contributed by atoms with E-state index in [1.165, 1.54) is 17.7 Å². The average molecular weight is 318 g/mol. The van der Waals surface area contributed by atoms with Crippen molar-refractivity contribution in [1.82, 2.24) is 15.5 Å². The van der Waals surface area contributed by atoms with Gasteiger partial charge in [0.2, 0.25) is 5.91 Å². The fourth-order valence-electron chi connectivity index (χ4n) is 2.53. The minimum atomic E-state index is 0. The summed E-state index contributed by atoms with van der Waals surface area (Å²) in [6, 6.07) is 4.71. The van der Waals surface area contributed by atoms with Gasteiger partial charge in [-0.05, 0) is 44.8 Å². The summed E-state index contributed by atoms with van der Waals surface area (Å²) < 4.78 is 0. The Labute approximate surface area is 131 Å². The van der Waals surface area contributed by atoms with Crippen LogP contribution in [0.15, 0.2) is 17.5 Å². The number of rotatable bonds is 5. The Morgan fingerprint density at radius 3 is 3.05 bits per heavy atom. The van der Waals surface area contributed by atoms with Gasteiger partial charge in [0.05, 0.1) is 12.6 Å². The zero-order valence-corrected chi connectivity index (χ0v) is 13.7. The standard InChI is InChI=1S/C14H23N3OS.ClH/c1-11(13-6-4-8-19-13)16-14(18)10-17-7-3-5-12(9-17)15-2;/h4,6,8,11-12,15H,3,5,7,9-10H2,1-2H3,(H,16,18);1H. The molecule has 20 heavy (non-hydrogen) atoms. The lowest BCUT2D eigenvalue weighted by Crippen LogP contribution is -2.48. The van der Waals surface area contributed by atoms with Crippen LogP contribution in [0.5, 0.6) is 0 Å². The molecule has 1 amide bonds. The summed E-state index contributed by atoms with van der Waals surface area (Å²) in [5.74, 6) is 0.123. The van der Waals surface area contributed by atoms with Gasteiger partial charge in [-0.15, -0.1) is 23.7 Å². The van der Waals surface area contributed by atoms with Crippen LogP contribution in [0.1, 0.15) is 30.7 Å². The van der Waals surface area contributed by atoms with Gasteiger partial charge in [-0.1, -0.05) is 6.07 Å². The van der Waals surface area contributed by atoms with Gasteiger partial charge in [-0.2, -0.15) is 0 Å². The van der Waals surface area contributed by atoms with Crippen molar-refractivity contribution in [2.75, 3.05) is 26.7 Å². The monoisotopic (exact) mass is 317 g/mol. The van der Waals surface area contributed by atoms with Gasteiger partial charge in [0.1, 0.15) is 0 Å². The predicted molar refractivity (Wildman–Crippen MR) is 86.6 cm³/mol. The largest absolute Gasteiger partial charge is 0.348 e. The second-order valence-electron chi connectivity index (χ2n) is 5.17. The lowest BCUT2D eigenvalue weighted by atomic mass is 10.1. The van der Waals surface area contributed by atoms with Crippen molar-refractivity contribution >= 4 is 29.7 Å². The normalized spacial score (nSPS) is 21.0. The number of nitrogens with zero attached hydrogens (tertiary/aromatic N) is 1. The summed E-state index contributed by atoms with van der Waals surface area (Å²) in [5, 5.41) is 8.41. The van der Waals surface area contributed by atoms with Gasteiger partial charge in [-0.3, -0.25) is 9.69 Å². The lowest BCUT2D eigenvalue weighted by Gasteiger charge is -2.32. The SMILES string of the molecule is CNC1CCCN(CC(=O)NC(C)c2cccs2)C1.Cl. The molecule has 2 unspecified atom stereocenters. The van der Waals surface area contributed by atoms with E-state index < -0.39 is 0 Å². The molecule has 0 aliphatic carbocycles. The Morgan fingerprint density at radius 2 is 2.40 bits per heavy atom. The quantitative estimate of drug-likeness (QED) is 0.873. The van der Waals surface area contributed by atoms with E-state index in [2.05, 4.69) is 21.6 Å². The third kappa shape index (κ3) is 5.05. The van der Waals surface area contributed by atoms with Crippen LogP contribution in [0.3, 0.4) is 0 Å². The summed E-state index contributed by atoms with van der Waals surface area (Å²) in [6.07, 6.45) is 2.37. The van der Waals surface area contributed by atoms with Crippen LogP contribution in [0.4, 0.5) is 0 Å². The van der Waals surface area contributed by atoms with E-state index in [1.54, 1.807) is 11.3 Å². The first-order valence-electron chi connectivity index (χ1n) is 6.91. The Morgan fingerprint density at radius 1 is 1.60 bits per heavy atom. The Bertz CT molecular complexity index is 399. The molecule has 2 N–H and O–H groups in total. The van der Waals surface area contributed by atoms with Gasteiger partial charge in [-0.25, -0.2) is 0 Å². The predicted octanol–water partition coefficient (Wildman–Crippen LogP) is 2.03. The summed E-state index contributed by atoms with van der Waals surface area (Å²) in [6.45, 7) is 4.54. The van der Waals surface area contributed by atoms with E-state index in [1.807, 2.05) is 25.4 Å². The summed E-state index contributed by atoms with van der Waals surface area (Å²) in [4.78, 5) is 15.5. The second-order valence-corrected chi connectivity index (χ2v) is 6.15. The highest BCUT2D eigenvalue weighted by Crippen LogP contribution is 2.18. The molecule has 0 aromatic carbocycles. The van der Waals surface area contributed by atoms with Gasteiger partial charge >= 0.3 is 0 Å². The summed E-state index contributed by atoms with van der Waals surface area (Å²) in [7, 11) is 1.99. The number of halogens is 1. The molecule has 1 aliphatic heterocycles. The first-order chi connectivity index (χ1) is 9.19. The molecule has 114 valence electrons. The maximum absolute atomic E-state index is 12.0. The van der Waals surface area contributed by atoms with Crippen molar-refractivity contribution in [1.29, 1.82) is 0 Å². The number of nitrogens with one attached hydrogen (secondary N) is 2. The Kier molecular flexibility index (Phi) is 7.51. The van der Waals surface area contributed by atoms with Gasteiger partial charge in [0, 0.05) is 17.5 Å². The van der Waals surface area contributed by atoms with Gasteiger partial charge in [0.15, 0.2) is 0 Å². The number of hydrogen-bond donors (Lipinski definition) is 2. The molecule has 0 saturated carbocycles. The first kappa shape index (κ1) is 17.4. The van der Waals surface area contributed by atoms with E-state index in [4.69, 9.17) is 0 Å². The van der Waals surface area contributed by atoms with Crippen molar-refractivity contribution in [3.05, 3.63) is 22.4 Å². The first-order valence-corrected chi connectivity index (χ1v) is 7.79. The molecule has 2 rings (SSSR count). The number of amides is 1. The van der Waals surface area contributed by atoms with Crippen LogP contribution in [0.2, 0.25) is 0 Å². The van der Waals surface area contributed by atoms with Gasteiger partial charge in [0.25, 0.3) is 0 Å². The zero-order valence-electron chi connectivity index (χ0n) is 12.1. The van der Waals surface area contributed by atoms with Crippen LogP contribution >= 0.6 is 23.7 Å².